The van der Waals surface area contributed by atoms with Crippen molar-refractivity contribution in [1.29, 1.82) is 0 Å². The number of hydrogen-bond acceptors (Lipinski definition) is 1. The number of hydrogen-bond donors (Lipinski definition) is 1. The van der Waals surface area contributed by atoms with Gasteiger partial charge in [-0.2, -0.15) is 0 Å². The Morgan fingerprint density at radius 2 is 1.36 bits per heavy atom. The molecule has 1 aliphatic carbocycles. The summed E-state index contributed by atoms with van der Waals surface area (Å²) in [6, 6.07) is 12.6. The minimum absolute atomic E-state index is 0.217. The van der Waals surface area contributed by atoms with Crippen molar-refractivity contribution in [2.75, 3.05) is 0 Å². The predicted molar refractivity (Wildman–Crippen MR) is 96.5 cm³/mol. The molecule has 3 rings (SSSR count). The van der Waals surface area contributed by atoms with Crippen molar-refractivity contribution in [1.82, 2.24) is 0 Å². The first-order valence-corrected chi connectivity index (χ1v) is 8.64. The van der Waals surface area contributed by atoms with E-state index in [1.165, 1.54) is 29.5 Å². The van der Waals surface area contributed by atoms with Crippen LogP contribution in [0.1, 0.15) is 51.7 Å². The highest BCUT2D eigenvalue weighted by molar-refractivity contribution is 9.10. The van der Waals surface area contributed by atoms with Crippen LogP contribution in [0.25, 0.3) is 11.1 Å². The molecule has 2 aromatic carbocycles. The number of benzene rings is 2. The SMILES string of the molecule is CC1(C)CCC(C)(C)c2cc(-c3ccc(O)c(Br)c3)ccc21. The zero-order valence-electron chi connectivity index (χ0n) is 13.7. The van der Waals surface area contributed by atoms with Gasteiger partial charge >= 0.3 is 0 Å². The van der Waals surface area contributed by atoms with Crippen molar-refractivity contribution in [3.8, 4) is 16.9 Å². The van der Waals surface area contributed by atoms with Gasteiger partial charge < -0.3 is 5.11 Å². The molecule has 1 N–H and O–H groups in total. The molecule has 0 radical (unpaired) electrons. The van der Waals surface area contributed by atoms with Crippen LogP contribution in [0.3, 0.4) is 0 Å². The van der Waals surface area contributed by atoms with Crippen LogP contribution >= 0.6 is 15.9 Å². The molecular formula is C20H23BrO. The van der Waals surface area contributed by atoms with E-state index in [1.807, 2.05) is 12.1 Å². The largest absolute Gasteiger partial charge is 0.507 e. The quantitative estimate of drug-likeness (QED) is 0.645. The van der Waals surface area contributed by atoms with Crippen LogP contribution in [0.15, 0.2) is 40.9 Å². The van der Waals surface area contributed by atoms with Crippen molar-refractivity contribution in [2.24, 2.45) is 0 Å². The summed E-state index contributed by atoms with van der Waals surface area (Å²) in [4.78, 5) is 0. The maximum absolute atomic E-state index is 9.69. The lowest BCUT2D eigenvalue weighted by Crippen LogP contribution is -2.33. The molecule has 0 fully saturated rings. The Labute approximate surface area is 141 Å². The molecule has 0 bridgehead atoms. The van der Waals surface area contributed by atoms with Crippen molar-refractivity contribution < 1.29 is 5.11 Å². The Bertz CT molecular complexity index is 728. The fourth-order valence-electron chi connectivity index (χ4n) is 3.45. The molecule has 0 atom stereocenters. The number of phenolic OH excluding ortho intramolecular Hbond substituents is 1. The minimum atomic E-state index is 0.217. The fourth-order valence-corrected chi connectivity index (χ4v) is 3.83. The van der Waals surface area contributed by atoms with Crippen LogP contribution in [0, 0.1) is 0 Å². The first-order chi connectivity index (χ1) is 10.2. The van der Waals surface area contributed by atoms with Gasteiger partial charge in [0.15, 0.2) is 0 Å². The van der Waals surface area contributed by atoms with Gasteiger partial charge in [-0.1, -0.05) is 52.0 Å². The number of phenols is 1. The smallest absolute Gasteiger partial charge is 0.129 e. The molecule has 2 aromatic rings. The number of rotatable bonds is 1. The van der Waals surface area contributed by atoms with Gasteiger partial charge in [0.2, 0.25) is 0 Å². The molecule has 116 valence electrons. The van der Waals surface area contributed by atoms with E-state index in [0.29, 0.717) is 0 Å². The topological polar surface area (TPSA) is 20.2 Å². The zero-order chi connectivity index (χ0) is 16.1. The Morgan fingerprint density at radius 3 is 2.00 bits per heavy atom. The Balaban J connectivity index is 2.15. The molecule has 0 amide bonds. The molecule has 0 aliphatic heterocycles. The number of aromatic hydroxyl groups is 1. The molecule has 1 aliphatic rings. The van der Waals surface area contributed by atoms with Crippen LogP contribution in [0.5, 0.6) is 5.75 Å². The Morgan fingerprint density at radius 1 is 0.818 bits per heavy atom. The monoisotopic (exact) mass is 358 g/mol. The summed E-state index contributed by atoms with van der Waals surface area (Å²) in [5.74, 6) is 0.281. The summed E-state index contributed by atoms with van der Waals surface area (Å²) in [5, 5.41) is 9.69. The highest BCUT2D eigenvalue weighted by Crippen LogP contribution is 2.46. The van der Waals surface area contributed by atoms with Crippen molar-refractivity contribution in [3.63, 3.8) is 0 Å². The van der Waals surface area contributed by atoms with Crippen molar-refractivity contribution >= 4 is 15.9 Å². The first kappa shape index (κ1) is 15.6. The number of halogens is 1. The summed E-state index contributed by atoms with van der Waals surface area (Å²) in [6.07, 6.45) is 2.45. The lowest BCUT2D eigenvalue weighted by Gasteiger charge is -2.42. The fraction of sp³-hybridized carbons (Fsp3) is 0.400. The van der Waals surface area contributed by atoms with E-state index >= 15 is 0 Å². The van der Waals surface area contributed by atoms with E-state index in [4.69, 9.17) is 0 Å². The third-order valence-corrected chi connectivity index (χ3v) is 5.77. The Kier molecular flexibility index (Phi) is 3.64. The second-order valence-corrected chi connectivity index (χ2v) is 8.55. The second-order valence-electron chi connectivity index (χ2n) is 7.69. The van der Waals surface area contributed by atoms with E-state index in [-0.39, 0.29) is 16.6 Å². The number of fused-ring (bicyclic) bond motifs is 1. The molecule has 0 saturated carbocycles. The van der Waals surface area contributed by atoms with Crippen LogP contribution in [-0.2, 0) is 10.8 Å². The van der Waals surface area contributed by atoms with E-state index in [1.54, 1.807) is 6.07 Å². The van der Waals surface area contributed by atoms with Crippen molar-refractivity contribution in [3.05, 3.63) is 52.0 Å². The molecule has 0 aromatic heterocycles. The van der Waals surface area contributed by atoms with Crippen LogP contribution in [0.2, 0.25) is 0 Å². The molecule has 2 heteroatoms. The normalized spacial score (nSPS) is 18.8. The summed E-state index contributed by atoms with van der Waals surface area (Å²) >= 11 is 3.41. The van der Waals surface area contributed by atoms with Gasteiger partial charge in [0.25, 0.3) is 0 Å². The lowest BCUT2D eigenvalue weighted by molar-refractivity contribution is 0.332. The van der Waals surface area contributed by atoms with Crippen LogP contribution < -0.4 is 0 Å². The van der Waals surface area contributed by atoms with Gasteiger partial charge in [-0.25, -0.2) is 0 Å². The third kappa shape index (κ3) is 2.58. The van der Waals surface area contributed by atoms with Gasteiger partial charge in [0.1, 0.15) is 5.75 Å². The van der Waals surface area contributed by atoms with E-state index in [2.05, 4.69) is 61.8 Å². The molecule has 0 spiro atoms. The highest BCUT2D eigenvalue weighted by atomic mass is 79.9. The van der Waals surface area contributed by atoms with Gasteiger partial charge in [0.05, 0.1) is 4.47 Å². The van der Waals surface area contributed by atoms with Crippen LogP contribution in [0.4, 0.5) is 0 Å². The van der Waals surface area contributed by atoms with Crippen molar-refractivity contribution in [2.45, 2.75) is 51.4 Å². The van der Waals surface area contributed by atoms with E-state index in [0.717, 1.165) is 10.0 Å². The highest BCUT2D eigenvalue weighted by Gasteiger charge is 2.36. The maximum atomic E-state index is 9.69. The standard InChI is InChI=1S/C20H23BrO/c1-19(2)9-10-20(3,4)16-11-13(5-7-15(16)19)14-6-8-18(22)17(21)12-14/h5-8,11-12,22H,9-10H2,1-4H3. The van der Waals surface area contributed by atoms with Gasteiger partial charge in [-0.05, 0) is 74.0 Å². The van der Waals surface area contributed by atoms with Gasteiger partial charge in [-0.15, -0.1) is 0 Å². The Hall–Kier alpha value is -1.28. The van der Waals surface area contributed by atoms with E-state index in [9.17, 15) is 5.11 Å². The summed E-state index contributed by atoms with van der Waals surface area (Å²) in [7, 11) is 0. The molecular weight excluding hydrogens is 336 g/mol. The summed E-state index contributed by atoms with van der Waals surface area (Å²) in [5.41, 5.74) is 5.75. The first-order valence-electron chi connectivity index (χ1n) is 7.85. The molecule has 0 heterocycles. The molecule has 1 nitrogen and oxygen atoms in total. The average molecular weight is 359 g/mol. The predicted octanol–water partition coefficient (Wildman–Crippen LogP) is 6.17. The van der Waals surface area contributed by atoms with Crippen LogP contribution in [-0.4, -0.2) is 5.11 Å². The third-order valence-electron chi connectivity index (χ3n) is 5.13. The maximum Gasteiger partial charge on any atom is 0.129 e. The summed E-state index contributed by atoms with van der Waals surface area (Å²) < 4.78 is 0.738. The molecule has 0 unspecified atom stereocenters. The lowest BCUT2D eigenvalue weighted by atomic mass is 9.63. The van der Waals surface area contributed by atoms with E-state index < -0.39 is 0 Å². The van der Waals surface area contributed by atoms with Gasteiger partial charge in [0, 0.05) is 0 Å². The van der Waals surface area contributed by atoms with Gasteiger partial charge in [-0.3, -0.25) is 0 Å². The molecule has 22 heavy (non-hydrogen) atoms. The average Bonchev–Trinajstić information content (AvgIpc) is 2.47. The molecule has 0 saturated heterocycles. The minimum Gasteiger partial charge on any atom is -0.507 e. The second kappa shape index (κ2) is 5.13. The zero-order valence-corrected chi connectivity index (χ0v) is 15.3. The summed E-state index contributed by atoms with van der Waals surface area (Å²) in [6.45, 7) is 9.38.